The fourth-order valence-electron chi connectivity index (χ4n) is 5.04. The Balaban J connectivity index is 1.44. The fraction of sp³-hybridized carbons (Fsp3) is 0.321. The van der Waals surface area contributed by atoms with E-state index in [1.807, 2.05) is 54.6 Å². The normalized spacial score (nSPS) is 19.7. The van der Waals surface area contributed by atoms with E-state index in [4.69, 9.17) is 9.72 Å². The Hall–Kier alpha value is -3.52. The number of amides is 1. The number of aromatic nitrogens is 1. The topological polar surface area (TPSA) is 93.6 Å². The van der Waals surface area contributed by atoms with Crippen LogP contribution in [0.1, 0.15) is 46.4 Å². The summed E-state index contributed by atoms with van der Waals surface area (Å²) in [6, 6.07) is 17.1. The molecule has 1 amide bonds. The van der Waals surface area contributed by atoms with Crippen molar-refractivity contribution in [1.29, 1.82) is 0 Å². The molecule has 1 saturated heterocycles. The summed E-state index contributed by atoms with van der Waals surface area (Å²) in [4.78, 5) is 32.4. The molecule has 0 radical (unpaired) electrons. The molecule has 0 N–H and O–H groups in total. The minimum Gasteiger partial charge on any atom is -0.452 e. The largest absolute Gasteiger partial charge is 0.452 e. The summed E-state index contributed by atoms with van der Waals surface area (Å²) < 4.78 is 29.1. The first-order chi connectivity index (χ1) is 17.3. The van der Waals surface area contributed by atoms with Crippen molar-refractivity contribution in [2.24, 2.45) is 0 Å². The second kappa shape index (κ2) is 9.85. The number of pyridine rings is 1. The highest BCUT2D eigenvalue weighted by Crippen LogP contribution is 2.36. The van der Waals surface area contributed by atoms with E-state index in [9.17, 15) is 18.0 Å². The van der Waals surface area contributed by atoms with Crippen LogP contribution in [0.15, 0.2) is 54.6 Å². The standard InChI is InChI=1S/C28H28N2O5S/c1-30(21-14-15-36(33,34)18-21)25(31)17-35-28(32)26-22-11-5-6-13-24(22)29-27-20(10-7-12-23(26)27)16-19-8-3-2-4-9-19/h2-6,8-9,11,13,16,21H,7,10,12,14-15,17-18H2,1H3/b20-16+. The van der Waals surface area contributed by atoms with Crippen LogP contribution in [0.3, 0.4) is 0 Å². The van der Waals surface area contributed by atoms with Crippen LogP contribution in [0.25, 0.3) is 22.6 Å². The molecule has 1 aliphatic heterocycles. The number of carbonyl (C=O) groups excluding carboxylic acids is 2. The van der Waals surface area contributed by atoms with E-state index < -0.39 is 28.3 Å². The molecule has 0 saturated carbocycles. The number of carbonyl (C=O) groups is 2. The van der Waals surface area contributed by atoms with E-state index in [1.54, 1.807) is 7.05 Å². The predicted octanol–water partition coefficient (Wildman–Crippen LogP) is 3.91. The monoisotopic (exact) mass is 504 g/mol. The lowest BCUT2D eigenvalue weighted by Gasteiger charge is -2.24. The van der Waals surface area contributed by atoms with Gasteiger partial charge in [0.25, 0.3) is 5.91 Å². The van der Waals surface area contributed by atoms with Crippen molar-refractivity contribution < 1.29 is 22.7 Å². The van der Waals surface area contributed by atoms with Gasteiger partial charge in [-0.25, -0.2) is 18.2 Å². The Morgan fingerprint density at radius 1 is 1.08 bits per heavy atom. The molecule has 2 heterocycles. The molecule has 36 heavy (non-hydrogen) atoms. The lowest BCUT2D eigenvalue weighted by molar-refractivity contribution is -0.134. The number of rotatable bonds is 5. The molecule has 0 bridgehead atoms. The average molecular weight is 505 g/mol. The highest BCUT2D eigenvalue weighted by atomic mass is 32.2. The minimum absolute atomic E-state index is 0.0534. The van der Waals surface area contributed by atoms with Gasteiger partial charge in [-0.05, 0) is 54.5 Å². The van der Waals surface area contributed by atoms with Gasteiger partial charge < -0.3 is 9.64 Å². The Labute approximate surface area is 210 Å². The van der Waals surface area contributed by atoms with Gasteiger partial charge in [0.2, 0.25) is 0 Å². The van der Waals surface area contributed by atoms with Crippen LogP contribution in [-0.4, -0.2) is 61.4 Å². The van der Waals surface area contributed by atoms with Crippen molar-refractivity contribution in [3.63, 3.8) is 0 Å². The van der Waals surface area contributed by atoms with E-state index in [1.165, 1.54) is 4.90 Å². The molecular weight excluding hydrogens is 476 g/mol. The first-order valence-electron chi connectivity index (χ1n) is 12.1. The van der Waals surface area contributed by atoms with Gasteiger partial charge in [0, 0.05) is 18.5 Å². The molecule has 5 rings (SSSR count). The van der Waals surface area contributed by atoms with E-state index in [0.717, 1.165) is 35.2 Å². The molecule has 2 aromatic carbocycles. The van der Waals surface area contributed by atoms with Crippen LogP contribution < -0.4 is 0 Å². The minimum atomic E-state index is -3.12. The van der Waals surface area contributed by atoms with E-state index >= 15 is 0 Å². The number of sulfone groups is 1. The van der Waals surface area contributed by atoms with Gasteiger partial charge in [0.15, 0.2) is 16.4 Å². The van der Waals surface area contributed by atoms with Crippen LogP contribution >= 0.6 is 0 Å². The summed E-state index contributed by atoms with van der Waals surface area (Å²) in [5, 5.41) is 0.699. The van der Waals surface area contributed by atoms with E-state index in [0.29, 0.717) is 29.3 Å². The lowest BCUT2D eigenvalue weighted by Crippen LogP contribution is -2.40. The molecule has 1 fully saturated rings. The zero-order chi connectivity index (χ0) is 25.3. The van der Waals surface area contributed by atoms with Crippen molar-refractivity contribution in [3.8, 4) is 0 Å². The molecule has 2 aliphatic rings. The SMILES string of the molecule is CN(C(=O)COC(=O)c1c2c(nc3ccccc13)/C(=C/c1ccccc1)CCC2)C1CCS(=O)(=O)C1. The summed E-state index contributed by atoms with van der Waals surface area (Å²) in [6.07, 6.45) is 4.94. The number of benzene rings is 2. The number of allylic oxidation sites excluding steroid dienone is 1. The molecule has 1 aliphatic carbocycles. The quantitative estimate of drug-likeness (QED) is 0.489. The van der Waals surface area contributed by atoms with Crippen molar-refractivity contribution in [2.75, 3.05) is 25.2 Å². The first-order valence-corrected chi connectivity index (χ1v) is 14.0. The maximum Gasteiger partial charge on any atom is 0.339 e. The first kappa shape index (κ1) is 24.2. The Morgan fingerprint density at radius 2 is 1.83 bits per heavy atom. The van der Waals surface area contributed by atoms with Crippen LogP contribution in [0.4, 0.5) is 0 Å². The molecule has 3 aromatic rings. The van der Waals surface area contributed by atoms with Crippen molar-refractivity contribution in [2.45, 2.75) is 31.7 Å². The van der Waals surface area contributed by atoms with Crippen LogP contribution in [0, 0.1) is 0 Å². The number of hydrogen-bond acceptors (Lipinski definition) is 6. The summed E-state index contributed by atoms with van der Waals surface area (Å²) in [6.45, 7) is -0.440. The van der Waals surface area contributed by atoms with Crippen LogP contribution in [0.2, 0.25) is 0 Å². The molecule has 8 heteroatoms. The highest BCUT2D eigenvalue weighted by Gasteiger charge is 2.33. The predicted molar refractivity (Wildman–Crippen MR) is 139 cm³/mol. The third kappa shape index (κ3) is 4.91. The number of esters is 1. The van der Waals surface area contributed by atoms with Crippen LogP contribution in [0.5, 0.6) is 0 Å². The average Bonchev–Trinajstić information content (AvgIpc) is 3.25. The number of likely N-dealkylation sites (N-methyl/N-ethyl adjacent to an activating group) is 1. The molecule has 186 valence electrons. The van der Waals surface area contributed by atoms with Gasteiger partial charge in [-0.3, -0.25) is 4.79 Å². The highest BCUT2D eigenvalue weighted by molar-refractivity contribution is 7.91. The zero-order valence-electron chi connectivity index (χ0n) is 20.1. The van der Waals surface area contributed by atoms with E-state index in [-0.39, 0.29) is 17.5 Å². The number of ether oxygens (including phenoxy) is 1. The van der Waals surface area contributed by atoms with Gasteiger partial charge in [0.05, 0.1) is 28.3 Å². The molecule has 7 nitrogen and oxygen atoms in total. The molecular formula is C28H28N2O5S. The van der Waals surface area contributed by atoms with Gasteiger partial charge in [-0.2, -0.15) is 0 Å². The Morgan fingerprint density at radius 3 is 2.58 bits per heavy atom. The molecule has 0 spiro atoms. The molecule has 1 aromatic heterocycles. The van der Waals surface area contributed by atoms with Crippen LogP contribution in [-0.2, 0) is 25.8 Å². The third-order valence-electron chi connectivity index (χ3n) is 6.99. The van der Waals surface area contributed by atoms with Crippen molar-refractivity contribution in [1.82, 2.24) is 9.88 Å². The summed E-state index contributed by atoms with van der Waals surface area (Å²) in [5.41, 5.74) is 4.93. The Kier molecular flexibility index (Phi) is 6.62. The van der Waals surface area contributed by atoms with Gasteiger partial charge in [0.1, 0.15) is 0 Å². The lowest BCUT2D eigenvalue weighted by atomic mass is 9.86. The summed E-state index contributed by atoms with van der Waals surface area (Å²) in [5.74, 6) is -0.959. The Bertz CT molecular complexity index is 1460. The number of fused-ring (bicyclic) bond motifs is 2. The number of nitrogens with zero attached hydrogens (tertiary/aromatic N) is 2. The van der Waals surface area contributed by atoms with Gasteiger partial charge in [-0.1, -0.05) is 48.5 Å². The molecule has 1 atom stereocenters. The third-order valence-corrected chi connectivity index (χ3v) is 8.74. The number of para-hydroxylation sites is 1. The second-order valence-corrected chi connectivity index (χ2v) is 11.6. The summed E-state index contributed by atoms with van der Waals surface area (Å²) >= 11 is 0. The zero-order valence-corrected chi connectivity index (χ0v) is 21.0. The maximum absolute atomic E-state index is 13.4. The fourth-order valence-corrected chi connectivity index (χ4v) is 6.82. The van der Waals surface area contributed by atoms with E-state index in [2.05, 4.69) is 6.08 Å². The molecule has 1 unspecified atom stereocenters. The summed E-state index contributed by atoms with van der Waals surface area (Å²) in [7, 11) is -1.56. The number of hydrogen-bond donors (Lipinski definition) is 0. The smallest absolute Gasteiger partial charge is 0.339 e. The van der Waals surface area contributed by atoms with Crippen molar-refractivity contribution >= 4 is 44.3 Å². The maximum atomic E-state index is 13.4. The van der Waals surface area contributed by atoms with Gasteiger partial charge in [-0.15, -0.1) is 0 Å². The van der Waals surface area contributed by atoms with Gasteiger partial charge >= 0.3 is 5.97 Å². The van der Waals surface area contributed by atoms with Crippen molar-refractivity contribution in [3.05, 3.63) is 77.0 Å². The second-order valence-electron chi connectivity index (χ2n) is 9.40.